The molecule has 2 aliphatic carbocycles. The van der Waals surface area contributed by atoms with Gasteiger partial charge in [-0.2, -0.15) is 0 Å². The topological polar surface area (TPSA) is 88.6 Å². The van der Waals surface area contributed by atoms with Crippen molar-refractivity contribution >= 4 is 34.3 Å². The average molecular weight is 379 g/mol. The smallest absolute Gasteiger partial charge is 0.244 e. The summed E-state index contributed by atoms with van der Waals surface area (Å²) in [6, 6.07) is 7.13. The van der Waals surface area contributed by atoms with Gasteiger partial charge in [-0.15, -0.1) is 0 Å². The van der Waals surface area contributed by atoms with Crippen molar-refractivity contribution in [3.05, 3.63) is 30.5 Å². The van der Waals surface area contributed by atoms with Gasteiger partial charge in [-0.1, -0.05) is 0 Å². The van der Waals surface area contributed by atoms with Crippen LogP contribution in [0.1, 0.15) is 19.3 Å². The van der Waals surface area contributed by atoms with Crippen LogP contribution in [-0.4, -0.2) is 41.3 Å². The number of rotatable bonds is 4. The lowest BCUT2D eigenvalue weighted by Crippen LogP contribution is -2.39. The number of nitrogens with one attached hydrogen (secondary N) is 1. The molecule has 1 saturated heterocycles. The molecule has 2 saturated carbocycles. The number of imide groups is 1. The minimum absolute atomic E-state index is 0.171. The largest absolute Gasteiger partial charge is 0.496 e. The zero-order valence-corrected chi connectivity index (χ0v) is 15.6. The van der Waals surface area contributed by atoms with Crippen LogP contribution < -0.4 is 10.1 Å². The van der Waals surface area contributed by atoms with Gasteiger partial charge in [0, 0.05) is 11.6 Å². The molecule has 144 valence electrons. The van der Waals surface area contributed by atoms with Gasteiger partial charge in [0.15, 0.2) is 0 Å². The fourth-order valence-electron chi connectivity index (χ4n) is 5.39. The highest BCUT2D eigenvalue weighted by atomic mass is 16.5. The van der Waals surface area contributed by atoms with Crippen LogP contribution >= 0.6 is 0 Å². The van der Waals surface area contributed by atoms with Gasteiger partial charge in [-0.25, -0.2) is 0 Å². The molecule has 2 aromatic rings. The second-order valence-corrected chi connectivity index (χ2v) is 7.91. The third kappa shape index (κ3) is 2.42. The maximum absolute atomic E-state index is 12.8. The van der Waals surface area contributed by atoms with Gasteiger partial charge in [0.05, 0.1) is 30.1 Å². The summed E-state index contributed by atoms with van der Waals surface area (Å²) >= 11 is 0. The van der Waals surface area contributed by atoms with Crippen LogP contribution in [0.15, 0.2) is 30.5 Å². The Labute approximate surface area is 162 Å². The fraction of sp³-hybridized carbons (Fsp3) is 0.429. The Morgan fingerprint density at radius 2 is 1.89 bits per heavy atom. The van der Waals surface area contributed by atoms with E-state index in [-0.39, 0.29) is 30.2 Å². The number of benzene rings is 1. The van der Waals surface area contributed by atoms with Crippen molar-refractivity contribution in [2.24, 2.45) is 23.7 Å². The minimum Gasteiger partial charge on any atom is -0.496 e. The second kappa shape index (κ2) is 6.29. The van der Waals surface area contributed by atoms with E-state index in [0.717, 1.165) is 29.5 Å². The quantitative estimate of drug-likeness (QED) is 0.823. The standard InChI is InChI=1S/C21H21N3O4/c1-28-15-7-6-14(19-13(15)3-2-8-22-19)23-16(25)10-24-20(26)17-11-4-5-12(9-11)18(17)21(24)27/h2-3,6-8,11-12,17-18H,4-5,9-10H2,1H3,(H,23,25)/t11-,12+,17-,18-/m0/s1. The predicted octanol–water partition coefficient (Wildman–Crippen LogP) is 2.21. The van der Waals surface area contributed by atoms with Crippen molar-refractivity contribution in [3.8, 4) is 5.75 Å². The van der Waals surface area contributed by atoms with E-state index in [0.29, 0.717) is 28.8 Å². The van der Waals surface area contributed by atoms with Crippen LogP contribution in [0.5, 0.6) is 5.75 Å². The molecular weight excluding hydrogens is 358 g/mol. The van der Waals surface area contributed by atoms with E-state index in [1.165, 1.54) is 0 Å². The van der Waals surface area contributed by atoms with Crippen molar-refractivity contribution in [2.75, 3.05) is 19.0 Å². The number of fused-ring (bicyclic) bond motifs is 6. The van der Waals surface area contributed by atoms with Gasteiger partial charge >= 0.3 is 0 Å². The fourth-order valence-corrected chi connectivity index (χ4v) is 5.39. The summed E-state index contributed by atoms with van der Waals surface area (Å²) in [5.74, 6) is 0.138. The Balaban J connectivity index is 1.36. The third-order valence-corrected chi connectivity index (χ3v) is 6.54. The summed E-state index contributed by atoms with van der Waals surface area (Å²) in [6.07, 6.45) is 4.67. The molecule has 0 spiro atoms. The molecule has 1 aromatic carbocycles. The van der Waals surface area contributed by atoms with Crippen LogP contribution in [0.4, 0.5) is 5.69 Å². The van der Waals surface area contributed by atoms with Gasteiger partial charge in [0.25, 0.3) is 0 Å². The zero-order chi connectivity index (χ0) is 19.4. The SMILES string of the molecule is COc1ccc(NC(=O)CN2C(=O)[C@H]3[C@@H]4CC[C@@H](C4)[C@@H]3C2=O)c2ncccc12. The number of hydrogen-bond acceptors (Lipinski definition) is 5. The summed E-state index contributed by atoms with van der Waals surface area (Å²) < 4.78 is 5.34. The predicted molar refractivity (Wildman–Crippen MR) is 101 cm³/mol. The number of anilines is 1. The van der Waals surface area contributed by atoms with Gasteiger partial charge in [0.1, 0.15) is 12.3 Å². The number of amides is 3. The van der Waals surface area contributed by atoms with Crippen molar-refractivity contribution in [1.82, 2.24) is 9.88 Å². The zero-order valence-electron chi connectivity index (χ0n) is 15.6. The average Bonchev–Trinajstić information content (AvgIpc) is 3.38. The number of carbonyl (C=O) groups is 3. The van der Waals surface area contributed by atoms with Gasteiger partial charge in [-0.05, 0) is 55.4 Å². The van der Waals surface area contributed by atoms with Crippen LogP contribution in [0, 0.1) is 23.7 Å². The third-order valence-electron chi connectivity index (χ3n) is 6.54. The van der Waals surface area contributed by atoms with Crippen molar-refractivity contribution < 1.29 is 19.1 Å². The molecular formula is C21H21N3O4. The summed E-state index contributed by atoms with van der Waals surface area (Å²) in [6.45, 7) is -0.246. The van der Waals surface area contributed by atoms with Crippen molar-refractivity contribution in [3.63, 3.8) is 0 Å². The molecule has 28 heavy (non-hydrogen) atoms. The number of hydrogen-bond donors (Lipinski definition) is 1. The molecule has 7 heteroatoms. The number of ether oxygens (including phenoxy) is 1. The molecule has 1 N–H and O–H groups in total. The lowest BCUT2D eigenvalue weighted by Gasteiger charge is -2.19. The monoisotopic (exact) mass is 379 g/mol. The molecule has 2 heterocycles. The highest BCUT2D eigenvalue weighted by Crippen LogP contribution is 2.56. The number of nitrogens with zero attached hydrogens (tertiary/aromatic N) is 2. The summed E-state index contributed by atoms with van der Waals surface area (Å²) in [5.41, 5.74) is 1.13. The van der Waals surface area contributed by atoms with Gasteiger partial charge in [-0.3, -0.25) is 24.3 Å². The highest BCUT2D eigenvalue weighted by molar-refractivity contribution is 6.10. The second-order valence-electron chi connectivity index (χ2n) is 7.91. The van der Waals surface area contributed by atoms with Crippen LogP contribution in [0.25, 0.3) is 10.9 Å². The maximum atomic E-state index is 12.8. The van der Waals surface area contributed by atoms with Gasteiger partial charge in [0.2, 0.25) is 17.7 Å². The first-order valence-corrected chi connectivity index (χ1v) is 9.65. The molecule has 2 bridgehead atoms. The first-order valence-electron chi connectivity index (χ1n) is 9.65. The Kier molecular flexibility index (Phi) is 3.86. The Bertz CT molecular complexity index is 976. The van der Waals surface area contributed by atoms with Crippen LogP contribution in [0.2, 0.25) is 0 Å². The molecule has 0 radical (unpaired) electrons. The number of methoxy groups -OCH3 is 1. The van der Waals surface area contributed by atoms with E-state index in [2.05, 4.69) is 10.3 Å². The highest BCUT2D eigenvalue weighted by Gasteiger charge is 2.60. The normalized spacial score (nSPS) is 28.1. The molecule has 3 fully saturated rings. The van der Waals surface area contributed by atoms with E-state index in [4.69, 9.17) is 4.74 Å². The van der Waals surface area contributed by atoms with E-state index >= 15 is 0 Å². The van der Waals surface area contributed by atoms with Gasteiger partial charge < -0.3 is 10.1 Å². The number of aromatic nitrogens is 1. The Morgan fingerprint density at radius 3 is 2.57 bits per heavy atom. The van der Waals surface area contributed by atoms with E-state index in [1.807, 2.05) is 6.07 Å². The maximum Gasteiger partial charge on any atom is 0.244 e. The lowest BCUT2D eigenvalue weighted by molar-refractivity contribution is -0.143. The van der Waals surface area contributed by atoms with E-state index in [9.17, 15) is 14.4 Å². The van der Waals surface area contributed by atoms with E-state index in [1.54, 1.807) is 31.5 Å². The molecule has 0 unspecified atom stereocenters. The van der Waals surface area contributed by atoms with E-state index < -0.39 is 5.91 Å². The minimum atomic E-state index is -0.397. The molecule has 7 nitrogen and oxygen atoms in total. The summed E-state index contributed by atoms with van der Waals surface area (Å²) in [7, 11) is 1.58. The van der Waals surface area contributed by atoms with Crippen LogP contribution in [-0.2, 0) is 14.4 Å². The Morgan fingerprint density at radius 1 is 1.18 bits per heavy atom. The van der Waals surface area contributed by atoms with Crippen LogP contribution in [0.3, 0.4) is 0 Å². The van der Waals surface area contributed by atoms with Crippen molar-refractivity contribution in [1.29, 1.82) is 0 Å². The molecule has 3 aliphatic rings. The Hall–Kier alpha value is -2.96. The number of carbonyl (C=O) groups excluding carboxylic acids is 3. The summed E-state index contributed by atoms with van der Waals surface area (Å²) in [5, 5.41) is 3.58. The summed E-state index contributed by atoms with van der Waals surface area (Å²) in [4.78, 5) is 43.7. The molecule has 4 atom stereocenters. The molecule has 1 aliphatic heterocycles. The first-order chi connectivity index (χ1) is 13.6. The molecule has 3 amide bonds. The first kappa shape index (κ1) is 17.2. The number of likely N-dealkylation sites (tertiary alicyclic amines) is 1. The lowest BCUT2D eigenvalue weighted by atomic mass is 9.81. The molecule has 1 aromatic heterocycles. The molecule has 5 rings (SSSR count). The number of pyridine rings is 1. The van der Waals surface area contributed by atoms with Crippen molar-refractivity contribution in [2.45, 2.75) is 19.3 Å².